The van der Waals surface area contributed by atoms with E-state index in [0.717, 1.165) is 18.1 Å². The molecule has 0 saturated heterocycles. The molecule has 23 heavy (non-hydrogen) atoms. The highest BCUT2D eigenvalue weighted by molar-refractivity contribution is 5.91. The maximum atomic E-state index is 13.4. The number of nitrogens with one attached hydrogen (secondary N) is 1. The van der Waals surface area contributed by atoms with E-state index in [1.54, 1.807) is 0 Å². The van der Waals surface area contributed by atoms with Crippen molar-refractivity contribution in [1.82, 2.24) is 5.32 Å². The number of carbonyl (C=O) groups is 2. The van der Waals surface area contributed by atoms with Gasteiger partial charge in [-0.3, -0.25) is 4.79 Å². The Morgan fingerprint density at radius 1 is 1.04 bits per heavy atom. The van der Waals surface area contributed by atoms with E-state index in [1.165, 1.54) is 23.8 Å². The van der Waals surface area contributed by atoms with Crippen molar-refractivity contribution in [2.45, 2.75) is 19.9 Å². The quantitative estimate of drug-likeness (QED) is 0.834. The van der Waals surface area contributed by atoms with Crippen molar-refractivity contribution < 1.29 is 18.7 Å². The highest BCUT2D eigenvalue weighted by atomic mass is 19.1. The average molecular weight is 315 g/mol. The van der Waals surface area contributed by atoms with Crippen molar-refractivity contribution in [2.75, 3.05) is 6.61 Å². The molecule has 2 aromatic carbocycles. The number of hydrogen-bond donors (Lipinski definition) is 1. The predicted octanol–water partition coefficient (Wildman–Crippen LogP) is 2.86. The molecule has 0 fully saturated rings. The average Bonchev–Trinajstić information content (AvgIpc) is 2.58. The van der Waals surface area contributed by atoms with Gasteiger partial charge >= 0.3 is 5.97 Å². The van der Waals surface area contributed by atoms with Gasteiger partial charge in [-0.05, 0) is 29.7 Å². The number of halogens is 1. The molecule has 4 nitrogen and oxygen atoms in total. The SMILES string of the molecule is CCc1ccc(CNC(=O)COC(=O)c2ccccc2F)cc1. The van der Waals surface area contributed by atoms with Crippen molar-refractivity contribution in [3.05, 3.63) is 71.0 Å². The number of benzene rings is 2. The van der Waals surface area contributed by atoms with Gasteiger partial charge in [0.2, 0.25) is 0 Å². The third-order valence-electron chi connectivity index (χ3n) is 3.35. The fourth-order valence-electron chi connectivity index (χ4n) is 1.98. The summed E-state index contributed by atoms with van der Waals surface area (Å²) in [6.07, 6.45) is 0.957. The highest BCUT2D eigenvalue weighted by Crippen LogP contribution is 2.08. The zero-order valence-electron chi connectivity index (χ0n) is 12.8. The summed E-state index contributed by atoms with van der Waals surface area (Å²) in [4.78, 5) is 23.4. The van der Waals surface area contributed by atoms with Gasteiger partial charge in [0.15, 0.2) is 6.61 Å². The second-order valence-corrected chi connectivity index (χ2v) is 5.00. The number of esters is 1. The molecule has 2 rings (SSSR count). The van der Waals surface area contributed by atoms with Crippen LogP contribution in [0.2, 0.25) is 0 Å². The van der Waals surface area contributed by atoms with Crippen LogP contribution in [0.4, 0.5) is 4.39 Å². The van der Waals surface area contributed by atoms with Crippen LogP contribution < -0.4 is 5.32 Å². The molecule has 0 spiro atoms. The molecule has 0 saturated carbocycles. The molecule has 0 aliphatic carbocycles. The lowest BCUT2D eigenvalue weighted by molar-refractivity contribution is -0.124. The van der Waals surface area contributed by atoms with Crippen LogP contribution in [0.1, 0.15) is 28.4 Å². The Morgan fingerprint density at radius 2 is 1.70 bits per heavy atom. The van der Waals surface area contributed by atoms with Gasteiger partial charge in [-0.25, -0.2) is 9.18 Å². The minimum atomic E-state index is -0.856. The number of amides is 1. The number of rotatable bonds is 6. The summed E-state index contributed by atoms with van der Waals surface area (Å²) in [5.41, 5.74) is 1.99. The fraction of sp³-hybridized carbons (Fsp3) is 0.222. The first-order valence-corrected chi connectivity index (χ1v) is 7.36. The maximum Gasteiger partial charge on any atom is 0.341 e. The number of ether oxygens (including phenoxy) is 1. The van der Waals surface area contributed by atoms with Crippen molar-refractivity contribution in [3.63, 3.8) is 0 Å². The first-order chi connectivity index (χ1) is 11.1. The predicted molar refractivity (Wildman–Crippen MR) is 84.3 cm³/mol. The summed E-state index contributed by atoms with van der Waals surface area (Å²) in [5.74, 6) is -1.96. The first-order valence-electron chi connectivity index (χ1n) is 7.36. The molecule has 0 aromatic heterocycles. The van der Waals surface area contributed by atoms with Crippen molar-refractivity contribution >= 4 is 11.9 Å². The normalized spacial score (nSPS) is 10.2. The summed E-state index contributed by atoms with van der Waals surface area (Å²) in [7, 11) is 0. The highest BCUT2D eigenvalue weighted by Gasteiger charge is 2.13. The largest absolute Gasteiger partial charge is 0.452 e. The van der Waals surface area contributed by atoms with Gasteiger partial charge in [-0.15, -0.1) is 0 Å². The van der Waals surface area contributed by atoms with E-state index in [0.29, 0.717) is 6.54 Å². The molecule has 2 aromatic rings. The Morgan fingerprint density at radius 3 is 2.35 bits per heavy atom. The molecule has 0 radical (unpaired) electrons. The maximum absolute atomic E-state index is 13.4. The summed E-state index contributed by atoms with van der Waals surface area (Å²) < 4.78 is 18.2. The van der Waals surface area contributed by atoms with E-state index >= 15 is 0 Å². The van der Waals surface area contributed by atoms with Gasteiger partial charge < -0.3 is 10.1 Å². The van der Waals surface area contributed by atoms with Gasteiger partial charge in [-0.1, -0.05) is 43.3 Å². The fourth-order valence-corrected chi connectivity index (χ4v) is 1.98. The molecule has 0 atom stereocenters. The minimum absolute atomic E-state index is 0.185. The lowest BCUT2D eigenvalue weighted by Crippen LogP contribution is -2.28. The summed E-state index contributed by atoms with van der Waals surface area (Å²) >= 11 is 0. The van der Waals surface area contributed by atoms with Crippen molar-refractivity contribution in [2.24, 2.45) is 0 Å². The van der Waals surface area contributed by atoms with E-state index < -0.39 is 24.3 Å². The number of aryl methyl sites for hydroxylation is 1. The Bertz CT molecular complexity index is 683. The second-order valence-electron chi connectivity index (χ2n) is 5.00. The van der Waals surface area contributed by atoms with E-state index in [1.807, 2.05) is 24.3 Å². The van der Waals surface area contributed by atoms with Crippen LogP contribution in [0.15, 0.2) is 48.5 Å². The standard InChI is InChI=1S/C18H18FNO3/c1-2-13-7-9-14(10-8-13)11-20-17(21)12-23-18(22)15-5-3-4-6-16(15)19/h3-10H,2,11-12H2,1H3,(H,20,21). The molecule has 0 unspecified atom stereocenters. The van der Waals surface area contributed by atoms with Gasteiger partial charge in [0.25, 0.3) is 5.91 Å². The Labute approximate surface area is 134 Å². The topological polar surface area (TPSA) is 55.4 Å². The molecule has 0 aliphatic rings. The Hall–Kier alpha value is -2.69. The third-order valence-corrected chi connectivity index (χ3v) is 3.35. The van der Waals surface area contributed by atoms with Crippen molar-refractivity contribution in [3.8, 4) is 0 Å². The molecule has 1 N–H and O–H groups in total. The van der Waals surface area contributed by atoms with Crippen LogP contribution in [0.5, 0.6) is 0 Å². The van der Waals surface area contributed by atoms with E-state index in [2.05, 4.69) is 12.2 Å². The van der Waals surface area contributed by atoms with Crippen LogP contribution >= 0.6 is 0 Å². The van der Waals surface area contributed by atoms with Gasteiger partial charge in [0.1, 0.15) is 5.82 Å². The molecular formula is C18H18FNO3. The van der Waals surface area contributed by atoms with Gasteiger partial charge in [0, 0.05) is 6.54 Å². The molecule has 0 heterocycles. The van der Waals surface area contributed by atoms with Crippen LogP contribution in [0.3, 0.4) is 0 Å². The monoisotopic (exact) mass is 315 g/mol. The Balaban J connectivity index is 1.78. The second kappa shape index (κ2) is 8.08. The zero-order valence-corrected chi connectivity index (χ0v) is 12.8. The van der Waals surface area contributed by atoms with Crippen LogP contribution in [0, 0.1) is 5.82 Å². The molecule has 0 aliphatic heterocycles. The van der Waals surface area contributed by atoms with E-state index in [-0.39, 0.29) is 5.56 Å². The molecular weight excluding hydrogens is 297 g/mol. The van der Waals surface area contributed by atoms with E-state index in [9.17, 15) is 14.0 Å². The lowest BCUT2D eigenvalue weighted by Gasteiger charge is -2.07. The van der Waals surface area contributed by atoms with Gasteiger partial charge in [0.05, 0.1) is 5.56 Å². The summed E-state index contributed by atoms with van der Waals surface area (Å²) in [6, 6.07) is 13.3. The number of hydrogen-bond acceptors (Lipinski definition) is 3. The molecule has 5 heteroatoms. The van der Waals surface area contributed by atoms with Gasteiger partial charge in [-0.2, -0.15) is 0 Å². The lowest BCUT2D eigenvalue weighted by atomic mass is 10.1. The zero-order chi connectivity index (χ0) is 16.7. The molecule has 120 valence electrons. The van der Waals surface area contributed by atoms with E-state index in [4.69, 9.17) is 4.74 Å². The molecule has 0 bridgehead atoms. The van der Waals surface area contributed by atoms with Crippen LogP contribution in [-0.2, 0) is 22.5 Å². The first kappa shape index (κ1) is 16.7. The number of carbonyl (C=O) groups excluding carboxylic acids is 2. The Kier molecular flexibility index (Phi) is 5.86. The molecule has 1 amide bonds. The van der Waals surface area contributed by atoms with Crippen molar-refractivity contribution in [1.29, 1.82) is 0 Å². The summed E-state index contributed by atoms with van der Waals surface area (Å²) in [5, 5.41) is 2.65. The minimum Gasteiger partial charge on any atom is -0.452 e. The summed E-state index contributed by atoms with van der Waals surface area (Å²) in [6.45, 7) is 1.97. The third kappa shape index (κ3) is 4.92. The smallest absolute Gasteiger partial charge is 0.341 e. The van der Waals surface area contributed by atoms with Crippen LogP contribution in [0.25, 0.3) is 0 Å². The van der Waals surface area contributed by atoms with Crippen LogP contribution in [-0.4, -0.2) is 18.5 Å².